The second kappa shape index (κ2) is 15.9. The normalized spacial score (nSPS) is 17.0. The van der Waals surface area contributed by atoms with Crippen molar-refractivity contribution in [2.24, 2.45) is 4.99 Å². The van der Waals surface area contributed by atoms with Gasteiger partial charge < -0.3 is 15.2 Å². The van der Waals surface area contributed by atoms with E-state index in [1.165, 1.54) is 0 Å². The first-order valence-corrected chi connectivity index (χ1v) is 16.8. The predicted molar refractivity (Wildman–Crippen MR) is 195 cm³/mol. The van der Waals surface area contributed by atoms with Gasteiger partial charge in [-0.05, 0) is 78.0 Å². The van der Waals surface area contributed by atoms with Crippen molar-refractivity contribution in [1.82, 2.24) is 4.90 Å². The van der Waals surface area contributed by atoms with E-state index in [9.17, 15) is 14.7 Å². The van der Waals surface area contributed by atoms with E-state index in [1.807, 2.05) is 91.9 Å². The molecule has 0 spiro atoms. The fraction of sp³-hybridized carbons (Fsp3) is 0.205. The van der Waals surface area contributed by atoms with Gasteiger partial charge in [0.2, 0.25) is 0 Å². The van der Waals surface area contributed by atoms with Crippen LogP contribution in [0.4, 0.5) is 5.69 Å². The Morgan fingerprint density at radius 3 is 2.39 bits per heavy atom. The number of carbonyl (C=O) groups is 2. The number of hydrogen-bond donors (Lipinski definition) is 1. The van der Waals surface area contributed by atoms with E-state index >= 15 is 0 Å². The van der Waals surface area contributed by atoms with Gasteiger partial charge in [-0.15, -0.1) is 5.69 Å². The largest absolute Gasteiger partial charge is 0.625 e. The van der Waals surface area contributed by atoms with Crippen LogP contribution in [0.5, 0.6) is 0 Å². The summed E-state index contributed by atoms with van der Waals surface area (Å²) >= 11 is 19.0. The summed E-state index contributed by atoms with van der Waals surface area (Å²) in [6.45, 7) is 3.14. The molecule has 1 aliphatic rings. The van der Waals surface area contributed by atoms with Crippen LogP contribution in [0.3, 0.4) is 0 Å². The van der Waals surface area contributed by atoms with Crippen molar-refractivity contribution >= 4 is 68.9 Å². The molecule has 1 aliphatic heterocycles. The SMILES string of the molecule is C[C@@]1(C(=O)[N-]c2ccc(Cl)cc2C(=N[C@H](Cc2cccc3ccccc23)C(=O)O)c2ccccc2)CCCN1Cc1ccc(Cl)c(Cl)c1.[Ni]. The van der Waals surface area contributed by atoms with E-state index in [0.717, 1.165) is 34.9 Å². The van der Waals surface area contributed by atoms with Gasteiger partial charge in [-0.3, -0.25) is 9.89 Å². The Balaban J connectivity index is 0.00000468. The number of carboxylic acids is 1. The summed E-state index contributed by atoms with van der Waals surface area (Å²) in [6, 6.07) is 32.5. The zero-order valence-corrected chi connectivity index (χ0v) is 29.8. The van der Waals surface area contributed by atoms with Gasteiger partial charge in [0.15, 0.2) is 6.04 Å². The summed E-state index contributed by atoms with van der Waals surface area (Å²) in [6.07, 6.45) is 1.63. The van der Waals surface area contributed by atoms with Crippen molar-refractivity contribution in [3.63, 3.8) is 0 Å². The number of likely N-dealkylation sites (tertiary alicyclic amines) is 1. The molecule has 2 atom stereocenters. The molecule has 1 N–H and O–H groups in total. The topological polar surface area (TPSA) is 84.1 Å². The third-order valence-corrected chi connectivity index (χ3v) is 9.93. The minimum Gasteiger partial charge on any atom is -0.625 e. The van der Waals surface area contributed by atoms with Crippen LogP contribution in [-0.2, 0) is 39.0 Å². The van der Waals surface area contributed by atoms with Gasteiger partial charge in [0.1, 0.15) is 0 Å². The Morgan fingerprint density at radius 1 is 0.898 bits per heavy atom. The number of benzene rings is 5. The van der Waals surface area contributed by atoms with Crippen LogP contribution < -0.4 is 0 Å². The van der Waals surface area contributed by atoms with Crippen molar-refractivity contribution in [3.8, 4) is 0 Å². The molecular weight excluding hydrogens is 723 g/mol. The van der Waals surface area contributed by atoms with E-state index in [4.69, 9.17) is 39.8 Å². The molecule has 0 bridgehead atoms. The molecule has 5 aromatic rings. The maximum Gasteiger partial charge on any atom is 0.328 e. The summed E-state index contributed by atoms with van der Waals surface area (Å²) in [7, 11) is 0. The van der Waals surface area contributed by atoms with Crippen LogP contribution in [0, 0.1) is 0 Å². The summed E-state index contributed by atoms with van der Waals surface area (Å²) < 4.78 is 0. The number of hydrogen-bond acceptors (Lipinski definition) is 4. The van der Waals surface area contributed by atoms with Crippen molar-refractivity contribution in [2.75, 3.05) is 6.54 Å². The first-order chi connectivity index (χ1) is 23.1. The van der Waals surface area contributed by atoms with Crippen LogP contribution in [-0.4, -0.2) is 45.7 Å². The summed E-state index contributed by atoms with van der Waals surface area (Å²) in [5.74, 6) is -1.37. The molecule has 6 rings (SSSR count). The number of halogens is 3. The average Bonchev–Trinajstić information content (AvgIpc) is 3.46. The van der Waals surface area contributed by atoms with Gasteiger partial charge in [-0.2, -0.15) is 0 Å². The maximum atomic E-state index is 14.1. The number of aliphatic imine (C=N–C) groups is 1. The Kier molecular flexibility index (Phi) is 11.9. The van der Waals surface area contributed by atoms with E-state index in [2.05, 4.69) is 10.2 Å². The molecule has 1 heterocycles. The summed E-state index contributed by atoms with van der Waals surface area (Å²) in [5.41, 5.74) is 2.86. The molecule has 254 valence electrons. The van der Waals surface area contributed by atoms with E-state index in [1.54, 1.807) is 24.3 Å². The molecule has 0 unspecified atom stereocenters. The van der Waals surface area contributed by atoms with Crippen molar-refractivity contribution in [2.45, 2.75) is 44.3 Å². The van der Waals surface area contributed by atoms with Gasteiger partial charge in [0, 0.05) is 40.0 Å². The Hall–Kier alpha value is -3.71. The molecular formula is C39H33Cl3N3NiO3-. The van der Waals surface area contributed by atoms with Gasteiger partial charge in [-0.1, -0.05) is 120 Å². The van der Waals surface area contributed by atoms with Crippen LogP contribution in [0.25, 0.3) is 16.1 Å². The number of rotatable bonds is 10. The van der Waals surface area contributed by atoms with Gasteiger partial charge >= 0.3 is 5.97 Å². The van der Waals surface area contributed by atoms with E-state index in [-0.39, 0.29) is 28.8 Å². The molecule has 0 radical (unpaired) electrons. The van der Waals surface area contributed by atoms with Crippen molar-refractivity contribution < 1.29 is 31.2 Å². The minimum absolute atomic E-state index is 0. The zero-order chi connectivity index (χ0) is 33.8. The second-order valence-electron chi connectivity index (χ2n) is 12.2. The molecule has 10 heteroatoms. The first-order valence-electron chi connectivity index (χ1n) is 15.7. The average molecular weight is 757 g/mol. The number of carbonyl (C=O) groups excluding carboxylic acids is 1. The van der Waals surface area contributed by atoms with Gasteiger partial charge in [0.25, 0.3) is 0 Å². The van der Waals surface area contributed by atoms with Crippen molar-refractivity contribution in [1.29, 1.82) is 0 Å². The monoisotopic (exact) mass is 754 g/mol. The van der Waals surface area contributed by atoms with Gasteiger partial charge in [-0.25, -0.2) is 4.79 Å². The van der Waals surface area contributed by atoms with Crippen LogP contribution in [0.1, 0.15) is 42.0 Å². The standard InChI is InChI=1S/C39H34Cl3N3O3.Ni/c1-39(19-8-20-45(39)24-25-15-17-32(41)33(42)21-25)38(48)44-34-18-16-29(40)23-31(34)36(27-10-3-2-4-11-27)43-35(37(46)47)22-28-13-7-12-26-9-5-6-14-30(26)28;/h2-7,9-18,21,23,35H,8,19-20,22,24H2,1H3,(H2,43,44,46,47,48);/p-1/t35-,39+;/m1./s1. The van der Waals surface area contributed by atoms with Crippen molar-refractivity contribution in [3.05, 3.63) is 152 Å². The molecule has 1 fully saturated rings. The first kappa shape index (κ1) is 36.6. The summed E-state index contributed by atoms with van der Waals surface area (Å²) in [4.78, 5) is 33.9. The van der Waals surface area contributed by atoms with Crippen LogP contribution in [0.2, 0.25) is 15.1 Å². The third-order valence-electron chi connectivity index (χ3n) is 8.95. The second-order valence-corrected chi connectivity index (χ2v) is 13.4. The molecule has 0 aliphatic carbocycles. The molecule has 6 nitrogen and oxygen atoms in total. The third kappa shape index (κ3) is 8.20. The number of carboxylic acid groups (broad SMARTS) is 1. The molecule has 0 aromatic heterocycles. The molecule has 1 saturated heterocycles. The number of aliphatic carboxylic acids is 1. The zero-order valence-electron chi connectivity index (χ0n) is 26.6. The molecule has 5 aromatic carbocycles. The quantitative estimate of drug-likeness (QED) is 0.114. The van der Waals surface area contributed by atoms with E-state index in [0.29, 0.717) is 50.6 Å². The Bertz CT molecular complexity index is 2020. The Labute approximate surface area is 311 Å². The molecule has 0 saturated carbocycles. The summed E-state index contributed by atoms with van der Waals surface area (Å²) in [5, 5.41) is 18.5. The fourth-order valence-electron chi connectivity index (χ4n) is 6.32. The van der Waals surface area contributed by atoms with Crippen LogP contribution >= 0.6 is 34.8 Å². The fourth-order valence-corrected chi connectivity index (χ4v) is 6.81. The van der Waals surface area contributed by atoms with Gasteiger partial charge in [0.05, 0.1) is 27.2 Å². The molecule has 49 heavy (non-hydrogen) atoms. The number of fused-ring (bicyclic) bond motifs is 1. The minimum atomic E-state index is -1.12. The smallest absolute Gasteiger partial charge is 0.328 e. The number of amides is 1. The Morgan fingerprint density at radius 2 is 1.63 bits per heavy atom. The molecule has 1 amide bonds. The van der Waals surface area contributed by atoms with E-state index < -0.39 is 17.6 Å². The number of nitrogens with zero attached hydrogens (tertiary/aromatic N) is 3. The maximum absolute atomic E-state index is 14.1. The van der Waals surface area contributed by atoms with Crippen LogP contribution in [0.15, 0.2) is 114 Å². The predicted octanol–water partition coefficient (Wildman–Crippen LogP) is 9.92.